The Morgan fingerprint density at radius 1 is 1.47 bits per heavy atom. The van der Waals surface area contributed by atoms with Gasteiger partial charge in [-0.15, -0.1) is 0 Å². The van der Waals surface area contributed by atoms with Crippen LogP contribution in [0.25, 0.3) is 0 Å². The fraction of sp³-hybridized carbons (Fsp3) is 0.923. The van der Waals surface area contributed by atoms with Crippen LogP contribution in [0.2, 0.25) is 0 Å². The fourth-order valence-electron chi connectivity index (χ4n) is 2.43. The van der Waals surface area contributed by atoms with Crippen LogP contribution in [0.1, 0.15) is 39.5 Å². The van der Waals surface area contributed by atoms with Crippen LogP contribution in [0.4, 0.5) is 0 Å². The summed E-state index contributed by atoms with van der Waals surface area (Å²) in [5.41, 5.74) is 0. The molecule has 1 fully saturated rings. The Morgan fingerprint density at radius 3 is 2.65 bits per heavy atom. The predicted molar refractivity (Wildman–Crippen MR) is 69.0 cm³/mol. The van der Waals surface area contributed by atoms with E-state index in [9.17, 15) is 4.79 Å². The molecular weight excluding hydrogens is 216 g/mol. The highest BCUT2D eigenvalue weighted by Gasteiger charge is 2.20. The largest absolute Gasteiger partial charge is 0.469 e. The Bertz CT molecular complexity index is 225. The molecule has 0 saturated carbocycles. The van der Waals surface area contributed by atoms with Crippen molar-refractivity contribution < 1.29 is 9.53 Å². The topological polar surface area (TPSA) is 41.6 Å². The molecule has 0 aromatic rings. The minimum absolute atomic E-state index is 0.131. The van der Waals surface area contributed by atoms with Crippen molar-refractivity contribution in [2.24, 2.45) is 0 Å². The van der Waals surface area contributed by atoms with Gasteiger partial charge in [-0.25, -0.2) is 0 Å². The van der Waals surface area contributed by atoms with E-state index in [1.807, 2.05) is 0 Å². The number of nitrogens with zero attached hydrogens (tertiary/aromatic N) is 1. The minimum atomic E-state index is -0.131. The molecule has 4 heteroatoms. The average molecular weight is 242 g/mol. The van der Waals surface area contributed by atoms with Gasteiger partial charge in [0.25, 0.3) is 0 Å². The summed E-state index contributed by atoms with van der Waals surface area (Å²) in [5, 5.41) is 3.52. The summed E-state index contributed by atoms with van der Waals surface area (Å²) in [6.45, 7) is 7.84. The second kappa shape index (κ2) is 7.67. The van der Waals surface area contributed by atoms with Gasteiger partial charge in [-0.1, -0.05) is 6.92 Å². The van der Waals surface area contributed by atoms with Gasteiger partial charge < -0.3 is 15.0 Å². The first-order chi connectivity index (χ1) is 8.15. The smallest absolute Gasteiger partial charge is 0.307 e. The second-order valence-corrected chi connectivity index (χ2v) is 4.96. The molecule has 1 N–H and O–H groups in total. The summed E-state index contributed by atoms with van der Waals surface area (Å²) in [4.78, 5) is 13.6. The summed E-state index contributed by atoms with van der Waals surface area (Å²) < 4.78 is 4.67. The molecule has 1 aliphatic heterocycles. The number of likely N-dealkylation sites (tertiary alicyclic amines) is 1. The van der Waals surface area contributed by atoms with Gasteiger partial charge in [0.05, 0.1) is 13.5 Å². The maximum Gasteiger partial charge on any atom is 0.307 e. The minimum Gasteiger partial charge on any atom is -0.469 e. The van der Waals surface area contributed by atoms with Crippen molar-refractivity contribution in [3.8, 4) is 0 Å². The molecule has 1 rings (SSSR count). The molecule has 0 amide bonds. The number of rotatable bonds is 6. The zero-order valence-electron chi connectivity index (χ0n) is 11.4. The molecule has 17 heavy (non-hydrogen) atoms. The summed E-state index contributed by atoms with van der Waals surface area (Å²) >= 11 is 0. The standard InChI is InChI=1S/C13H26N2O2/c1-4-7-15-8-5-12(6-9-15)14-11(2)10-13(16)17-3/h11-12,14H,4-10H2,1-3H3. The van der Waals surface area contributed by atoms with Gasteiger partial charge in [0.15, 0.2) is 0 Å². The van der Waals surface area contributed by atoms with E-state index in [1.54, 1.807) is 0 Å². The number of methoxy groups -OCH3 is 1. The summed E-state index contributed by atoms with van der Waals surface area (Å²) in [6, 6.07) is 0.771. The highest BCUT2D eigenvalue weighted by atomic mass is 16.5. The van der Waals surface area contributed by atoms with E-state index < -0.39 is 0 Å². The second-order valence-electron chi connectivity index (χ2n) is 4.96. The SMILES string of the molecule is CCCN1CCC(NC(C)CC(=O)OC)CC1. The van der Waals surface area contributed by atoms with Crippen molar-refractivity contribution in [2.45, 2.75) is 51.6 Å². The third kappa shape index (κ3) is 5.50. The Hall–Kier alpha value is -0.610. The third-order valence-corrected chi connectivity index (χ3v) is 3.35. The van der Waals surface area contributed by atoms with Crippen LogP contribution in [0.5, 0.6) is 0 Å². The summed E-state index contributed by atoms with van der Waals surface area (Å²) in [6.07, 6.45) is 4.07. The maximum atomic E-state index is 11.1. The zero-order valence-corrected chi connectivity index (χ0v) is 11.4. The lowest BCUT2D eigenvalue weighted by Gasteiger charge is -2.33. The van der Waals surface area contributed by atoms with E-state index in [2.05, 4.69) is 28.8 Å². The maximum absolute atomic E-state index is 11.1. The van der Waals surface area contributed by atoms with Crippen molar-refractivity contribution in [1.82, 2.24) is 10.2 Å². The van der Waals surface area contributed by atoms with Gasteiger partial charge in [-0.05, 0) is 45.8 Å². The first kappa shape index (κ1) is 14.5. The molecule has 1 atom stereocenters. The Morgan fingerprint density at radius 2 is 2.12 bits per heavy atom. The van der Waals surface area contributed by atoms with Crippen LogP contribution in [0.3, 0.4) is 0 Å². The number of hydrogen-bond donors (Lipinski definition) is 1. The van der Waals surface area contributed by atoms with Gasteiger partial charge in [0, 0.05) is 12.1 Å². The first-order valence-corrected chi connectivity index (χ1v) is 6.71. The number of ether oxygens (including phenoxy) is 1. The molecule has 0 radical (unpaired) electrons. The lowest BCUT2D eigenvalue weighted by Crippen LogP contribution is -2.46. The Labute approximate surface area is 105 Å². The van der Waals surface area contributed by atoms with E-state index in [4.69, 9.17) is 0 Å². The van der Waals surface area contributed by atoms with Crippen molar-refractivity contribution in [2.75, 3.05) is 26.7 Å². The third-order valence-electron chi connectivity index (χ3n) is 3.35. The van der Waals surface area contributed by atoms with E-state index in [0.717, 1.165) is 0 Å². The van der Waals surface area contributed by atoms with Crippen molar-refractivity contribution in [3.05, 3.63) is 0 Å². The van der Waals surface area contributed by atoms with Gasteiger partial charge >= 0.3 is 5.97 Å². The molecule has 1 heterocycles. The highest BCUT2D eigenvalue weighted by molar-refractivity contribution is 5.69. The van der Waals surface area contributed by atoms with Crippen molar-refractivity contribution >= 4 is 5.97 Å². The molecule has 1 aliphatic rings. The number of piperidine rings is 1. The summed E-state index contributed by atoms with van der Waals surface area (Å²) in [5.74, 6) is -0.131. The predicted octanol–water partition coefficient (Wildman–Crippen LogP) is 1.40. The lowest BCUT2D eigenvalue weighted by atomic mass is 10.0. The summed E-state index contributed by atoms with van der Waals surface area (Å²) in [7, 11) is 1.44. The van der Waals surface area contributed by atoms with Gasteiger partial charge in [-0.2, -0.15) is 0 Å². The monoisotopic (exact) mass is 242 g/mol. The number of nitrogens with one attached hydrogen (secondary N) is 1. The van der Waals surface area contributed by atoms with Gasteiger partial charge in [-0.3, -0.25) is 4.79 Å². The van der Waals surface area contributed by atoms with Crippen LogP contribution < -0.4 is 5.32 Å². The Balaban J connectivity index is 2.19. The average Bonchev–Trinajstić information content (AvgIpc) is 2.31. The lowest BCUT2D eigenvalue weighted by molar-refractivity contribution is -0.141. The molecule has 0 aromatic carbocycles. The number of carbonyl (C=O) groups excluding carboxylic acids is 1. The van der Waals surface area contributed by atoms with Gasteiger partial charge in [0.1, 0.15) is 0 Å². The normalized spacial score (nSPS) is 20.2. The first-order valence-electron chi connectivity index (χ1n) is 6.71. The van der Waals surface area contributed by atoms with E-state index in [-0.39, 0.29) is 12.0 Å². The van der Waals surface area contributed by atoms with Crippen molar-refractivity contribution in [3.63, 3.8) is 0 Å². The van der Waals surface area contributed by atoms with Crippen LogP contribution in [0, 0.1) is 0 Å². The van der Waals surface area contributed by atoms with Crippen LogP contribution in [-0.4, -0.2) is 49.7 Å². The molecule has 1 unspecified atom stereocenters. The molecule has 1 saturated heterocycles. The van der Waals surface area contributed by atoms with E-state index in [0.29, 0.717) is 12.5 Å². The number of hydrogen-bond acceptors (Lipinski definition) is 4. The highest BCUT2D eigenvalue weighted by Crippen LogP contribution is 2.11. The van der Waals surface area contributed by atoms with Crippen LogP contribution in [-0.2, 0) is 9.53 Å². The van der Waals surface area contributed by atoms with E-state index >= 15 is 0 Å². The van der Waals surface area contributed by atoms with Crippen LogP contribution in [0.15, 0.2) is 0 Å². The molecule has 0 spiro atoms. The Kier molecular flexibility index (Phi) is 6.52. The van der Waals surface area contributed by atoms with Gasteiger partial charge in [0.2, 0.25) is 0 Å². The number of esters is 1. The molecule has 100 valence electrons. The molecule has 0 bridgehead atoms. The molecule has 4 nitrogen and oxygen atoms in total. The molecular formula is C13H26N2O2. The fourth-order valence-corrected chi connectivity index (χ4v) is 2.43. The zero-order chi connectivity index (χ0) is 12.7. The van der Waals surface area contributed by atoms with Crippen molar-refractivity contribution in [1.29, 1.82) is 0 Å². The quantitative estimate of drug-likeness (QED) is 0.715. The van der Waals surface area contributed by atoms with E-state index in [1.165, 1.54) is 46.0 Å². The van der Waals surface area contributed by atoms with Crippen LogP contribution >= 0.6 is 0 Å². The molecule has 0 aromatic heterocycles. The number of carbonyl (C=O) groups is 1. The molecule has 0 aliphatic carbocycles.